The predicted molar refractivity (Wildman–Crippen MR) is 65.7 cm³/mol. The average Bonchev–Trinajstić information content (AvgIpc) is 2.13. The molecule has 0 saturated heterocycles. The van der Waals surface area contributed by atoms with Crippen molar-refractivity contribution < 1.29 is 5.11 Å². The van der Waals surface area contributed by atoms with Crippen molar-refractivity contribution in [2.45, 2.75) is 45.8 Å². The third-order valence-corrected chi connectivity index (χ3v) is 3.57. The highest BCUT2D eigenvalue weighted by Crippen LogP contribution is 2.30. The molecule has 0 spiro atoms. The van der Waals surface area contributed by atoms with E-state index in [9.17, 15) is 5.11 Å². The number of pyridine rings is 1. The molecule has 1 N–H and O–H groups in total. The fourth-order valence-electron chi connectivity index (χ4n) is 2.28. The summed E-state index contributed by atoms with van der Waals surface area (Å²) < 4.78 is 0. The van der Waals surface area contributed by atoms with Gasteiger partial charge in [0.25, 0.3) is 0 Å². The third kappa shape index (κ3) is 1.92. The molecule has 0 radical (unpaired) electrons. The normalized spacial score (nSPS) is 16.0. The molecule has 1 saturated carbocycles. The topological polar surface area (TPSA) is 36.4 Å². The molecule has 16 heavy (non-hydrogen) atoms. The second-order valence-electron chi connectivity index (χ2n) is 4.74. The molecule has 1 aliphatic carbocycles. The lowest BCUT2D eigenvalue weighted by Gasteiger charge is -2.36. The Morgan fingerprint density at radius 3 is 2.62 bits per heavy atom. The molecule has 3 heteroatoms. The fraction of sp³-hybridized carbons (Fsp3) is 0.615. The van der Waals surface area contributed by atoms with Gasteiger partial charge in [0.1, 0.15) is 5.82 Å². The minimum absolute atomic E-state index is 0.0749. The summed E-state index contributed by atoms with van der Waals surface area (Å²) >= 11 is 0. The molecule has 0 aromatic carbocycles. The van der Waals surface area contributed by atoms with Crippen molar-refractivity contribution in [2.24, 2.45) is 0 Å². The Morgan fingerprint density at radius 1 is 1.44 bits per heavy atom. The number of rotatable bonds is 3. The second-order valence-corrected chi connectivity index (χ2v) is 4.74. The van der Waals surface area contributed by atoms with Gasteiger partial charge in [-0.05, 0) is 44.7 Å². The van der Waals surface area contributed by atoms with E-state index in [-0.39, 0.29) is 6.61 Å². The van der Waals surface area contributed by atoms with Crippen LogP contribution in [0, 0.1) is 13.8 Å². The van der Waals surface area contributed by atoms with Crippen LogP contribution in [0.1, 0.15) is 36.1 Å². The molecule has 0 aliphatic heterocycles. The van der Waals surface area contributed by atoms with Crippen LogP contribution in [0.15, 0.2) is 6.07 Å². The number of hydrogen-bond donors (Lipinski definition) is 1. The zero-order valence-electron chi connectivity index (χ0n) is 10.3. The van der Waals surface area contributed by atoms with E-state index in [1.807, 2.05) is 19.9 Å². The van der Waals surface area contributed by atoms with Gasteiger partial charge >= 0.3 is 0 Å². The summed E-state index contributed by atoms with van der Waals surface area (Å²) in [4.78, 5) is 6.80. The molecule has 1 heterocycles. The van der Waals surface area contributed by atoms with Crippen molar-refractivity contribution in [2.75, 3.05) is 11.9 Å². The van der Waals surface area contributed by atoms with Gasteiger partial charge in [-0.25, -0.2) is 4.98 Å². The van der Waals surface area contributed by atoms with Crippen LogP contribution in [0.5, 0.6) is 0 Å². The van der Waals surface area contributed by atoms with Crippen molar-refractivity contribution in [1.82, 2.24) is 4.98 Å². The van der Waals surface area contributed by atoms with Crippen LogP contribution in [0.2, 0.25) is 0 Å². The molecular formula is C13H20N2O. The first-order valence-corrected chi connectivity index (χ1v) is 5.94. The molecule has 0 atom stereocenters. The number of anilines is 1. The Labute approximate surface area is 97.1 Å². The standard InChI is InChI=1S/C13H20N2O/c1-9-7-10(2)14-13(12(9)8-16)15(3)11-5-4-6-11/h7,11,16H,4-6,8H2,1-3H3. The van der Waals surface area contributed by atoms with Gasteiger partial charge in [-0.1, -0.05) is 0 Å². The van der Waals surface area contributed by atoms with Crippen LogP contribution >= 0.6 is 0 Å². The van der Waals surface area contributed by atoms with Crippen LogP contribution in [-0.2, 0) is 6.61 Å². The maximum atomic E-state index is 9.44. The predicted octanol–water partition coefficient (Wildman–Crippen LogP) is 2.18. The van der Waals surface area contributed by atoms with Crippen LogP contribution in [0.25, 0.3) is 0 Å². The van der Waals surface area contributed by atoms with Gasteiger partial charge in [0.15, 0.2) is 0 Å². The largest absolute Gasteiger partial charge is 0.392 e. The van der Waals surface area contributed by atoms with E-state index < -0.39 is 0 Å². The monoisotopic (exact) mass is 220 g/mol. The van der Waals surface area contributed by atoms with Gasteiger partial charge in [-0.3, -0.25) is 0 Å². The summed E-state index contributed by atoms with van der Waals surface area (Å²) in [5.41, 5.74) is 3.13. The smallest absolute Gasteiger partial charge is 0.134 e. The van der Waals surface area contributed by atoms with Crippen molar-refractivity contribution >= 4 is 5.82 Å². The SMILES string of the molecule is Cc1cc(C)c(CO)c(N(C)C2CCC2)n1. The molecule has 0 bridgehead atoms. The zero-order valence-corrected chi connectivity index (χ0v) is 10.3. The van der Waals surface area contributed by atoms with Crippen molar-refractivity contribution in [3.63, 3.8) is 0 Å². The molecule has 0 unspecified atom stereocenters. The fourth-order valence-corrected chi connectivity index (χ4v) is 2.28. The number of nitrogens with zero attached hydrogens (tertiary/aromatic N) is 2. The lowest BCUT2D eigenvalue weighted by Crippen LogP contribution is -2.38. The highest BCUT2D eigenvalue weighted by atomic mass is 16.3. The second kappa shape index (κ2) is 4.42. The Morgan fingerprint density at radius 2 is 2.12 bits per heavy atom. The van der Waals surface area contributed by atoms with E-state index >= 15 is 0 Å². The quantitative estimate of drug-likeness (QED) is 0.848. The van der Waals surface area contributed by atoms with Gasteiger partial charge in [0.05, 0.1) is 6.61 Å². The minimum Gasteiger partial charge on any atom is -0.392 e. The van der Waals surface area contributed by atoms with Crippen LogP contribution in [0.3, 0.4) is 0 Å². The Balaban J connectivity index is 2.36. The highest BCUT2D eigenvalue weighted by Gasteiger charge is 2.25. The average molecular weight is 220 g/mol. The first-order valence-electron chi connectivity index (χ1n) is 5.94. The zero-order chi connectivity index (χ0) is 11.7. The lowest BCUT2D eigenvalue weighted by atomic mass is 9.91. The molecule has 88 valence electrons. The maximum Gasteiger partial charge on any atom is 0.134 e. The number of aromatic nitrogens is 1. The third-order valence-electron chi connectivity index (χ3n) is 3.57. The van der Waals surface area contributed by atoms with Crippen molar-refractivity contribution in [1.29, 1.82) is 0 Å². The van der Waals surface area contributed by atoms with Crippen LogP contribution in [-0.4, -0.2) is 23.2 Å². The van der Waals surface area contributed by atoms with Gasteiger partial charge < -0.3 is 10.0 Å². The van der Waals surface area contributed by atoms with E-state index in [0.717, 1.165) is 22.6 Å². The molecular weight excluding hydrogens is 200 g/mol. The number of hydrogen-bond acceptors (Lipinski definition) is 3. The Hall–Kier alpha value is -1.09. The maximum absolute atomic E-state index is 9.44. The summed E-state index contributed by atoms with van der Waals surface area (Å²) in [5.74, 6) is 0.963. The molecule has 1 fully saturated rings. The van der Waals surface area contributed by atoms with Crippen molar-refractivity contribution in [3.8, 4) is 0 Å². The number of aliphatic hydroxyl groups excluding tert-OH is 1. The van der Waals surface area contributed by atoms with Crippen LogP contribution in [0.4, 0.5) is 5.82 Å². The van der Waals surface area contributed by atoms with Crippen molar-refractivity contribution in [3.05, 3.63) is 22.9 Å². The molecule has 1 aromatic heterocycles. The Kier molecular flexibility index (Phi) is 3.15. The first kappa shape index (κ1) is 11.4. The van der Waals surface area contributed by atoms with Gasteiger partial charge in [0, 0.05) is 24.3 Å². The van der Waals surface area contributed by atoms with Gasteiger partial charge in [0.2, 0.25) is 0 Å². The first-order chi connectivity index (χ1) is 7.63. The van der Waals surface area contributed by atoms with Crippen LogP contribution < -0.4 is 4.90 Å². The molecule has 0 amide bonds. The number of aryl methyl sites for hydroxylation is 2. The molecule has 2 rings (SSSR count). The number of aliphatic hydroxyl groups is 1. The van der Waals surface area contributed by atoms with Gasteiger partial charge in [-0.15, -0.1) is 0 Å². The summed E-state index contributed by atoms with van der Waals surface area (Å²) in [6.45, 7) is 4.12. The molecule has 1 aromatic rings. The molecule has 3 nitrogen and oxygen atoms in total. The summed E-state index contributed by atoms with van der Waals surface area (Å²) in [6.07, 6.45) is 3.81. The van der Waals surface area contributed by atoms with E-state index in [1.165, 1.54) is 19.3 Å². The van der Waals surface area contributed by atoms with E-state index in [1.54, 1.807) is 0 Å². The highest BCUT2D eigenvalue weighted by molar-refractivity contribution is 5.51. The summed E-state index contributed by atoms with van der Waals surface area (Å²) in [6, 6.07) is 2.64. The summed E-state index contributed by atoms with van der Waals surface area (Å²) in [5, 5.41) is 9.44. The van der Waals surface area contributed by atoms with E-state index in [2.05, 4.69) is 16.9 Å². The minimum atomic E-state index is 0.0749. The Bertz CT molecular complexity index is 386. The van der Waals surface area contributed by atoms with E-state index in [4.69, 9.17) is 0 Å². The lowest BCUT2D eigenvalue weighted by molar-refractivity contribution is 0.280. The molecule has 1 aliphatic rings. The van der Waals surface area contributed by atoms with Gasteiger partial charge in [-0.2, -0.15) is 0 Å². The van der Waals surface area contributed by atoms with E-state index in [0.29, 0.717) is 6.04 Å². The summed E-state index contributed by atoms with van der Waals surface area (Å²) in [7, 11) is 2.09.